The highest BCUT2D eigenvalue weighted by Gasteiger charge is 2.26. The van der Waals surface area contributed by atoms with E-state index in [4.69, 9.17) is 0 Å². The first-order valence-corrected chi connectivity index (χ1v) is 10.8. The van der Waals surface area contributed by atoms with Gasteiger partial charge in [-0.1, -0.05) is 12.1 Å². The van der Waals surface area contributed by atoms with Crippen LogP contribution in [-0.4, -0.2) is 67.0 Å². The second-order valence-corrected chi connectivity index (χ2v) is 8.15. The molecule has 3 aromatic rings. The number of rotatable bonds is 7. The maximum atomic E-state index is 12.7. The number of carbonyl (C=O) groups excluding carboxylic acids is 2. The van der Waals surface area contributed by atoms with Crippen LogP contribution in [0.15, 0.2) is 33.9 Å². The number of piperazine rings is 1. The van der Waals surface area contributed by atoms with Gasteiger partial charge in [-0.05, 0) is 12.0 Å². The van der Waals surface area contributed by atoms with E-state index in [2.05, 4.69) is 9.97 Å². The fourth-order valence-electron chi connectivity index (χ4n) is 4.04. The van der Waals surface area contributed by atoms with Crippen LogP contribution in [0.2, 0.25) is 0 Å². The number of fused-ring (bicyclic) bond motifs is 1. The van der Waals surface area contributed by atoms with Crippen LogP contribution in [0.1, 0.15) is 18.4 Å². The van der Waals surface area contributed by atoms with Crippen molar-refractivity contribution in [2.24, 2.45) is 7.05 Å². The number of carboxylic acids is 1. The Morgan fingerprint density at radius 2 is 1.74 bits per heavy atom. The molecule has 1 aliphatic heterocycles. The molecule has 35 heavy (non-hydrogen) atoms. The first-order chi connectivity index (χ1) is 16.7. The molecule has 4 rings (SSSR count). The third-order valence-corrected chi connectivity index (χ3v) is 5.93. The molecule has 1 N–H and O–H groups in total. The summed E-state index contributed by atoms with van der Waals surface area (Å²) in [6.45, 7) is 1.54. The lowest BCUT2D eigenvalue weighted by atomic mass is 10.2. The van der Waals surface area contributed by atoms with Crippen molar-refractivity contribution in [3.05, 3.63) is 60.8 Å². The molecular weight excluding hydrogens is 462 g/mol. The lowest BCUT2D eigenvalue weighted by Crippen LogP contribution is -2.49. The minimum Gasteiger partial charge on any atom is -0.550 e. The molecule has 1 amide bonds. The molecule has 0 bridgehead atoms. The van der Waals surface area contributed by atoms with Gasteiger partial charge in [-0.25, -0.2) is 4.79 Å². The number of imidazole rings is 1. The normalized spacial score (nSPS) is 13.9. The number of aromatic nitrogens is 4. The Balaban J connectivity index is 1.67. The predicted octanol–water partition coefficient (Wildman–Crippen LogP) is -1.44. The lowest BCUT2D eigenvalue weighted by Gasteiger charge is -2.35. The van der Waals surface area contributed by atoms with E-state index < -0.39 is 22.1 Å². The number of non-ortho nitro benzene ring substituents is 1. The molecule has 1 aliphatic rings. The first kappa shape index (κ1) is 23.7. The summed E-state index contributed by atoms with van der Waals surface area (Å²) in [7, 11) is 1.49. The van der Waals surface area contributed by atoms with E-state index in [-0.39, 0.29) is 42.1 Å². The summed E-state index contributed by atoms with van der Waals surface area (Å²) in [5.74, 6) is -1.16. The minimum absolute atomic E-state index is 0.0656. The number of nitro benzene ring substituents is 1. The van der Waals surface area contributed by atoms with Gasteiger partial charge in [0.2, 0.25) is 11.9 Å². The Labute approximate surface area is 197 Å². The number of aryl methyl sites for hydroxylation is 1. The smallest absolute Gasteiger partial charge is 0.329 e. The fraction of sp³-hybridized carbons (Fsp3) is 0.381. The fourth-order valence-corrected chi connectivity index (χ4v) is 4.04. The van der Waals surface area contributed by atoms with Gasteiger partial charge in [-0.3, -0.25) is 33.8 Å². The zero-order valence-corrected chi connectivity index (χ0v) is 18.8. The van der Waals surface area contributed by atoms with Gasteiger partial charge in [0, 0.05) is 57.7 Å². The number of nitrogens with one attached hydrogen (secondary N) is 1. The predicted molar refractivity (Wildman–Crippen MR) is 121 cm³/mol. The summed E-state index contributed by atoms with van der Waals surface area (Å²) < 4.78 is 2.87. The van der Waals surface area contributed by atoms with E-state index in [9.17, 15) is 34.4 Å². The average molecular weight is 484 g/mol. The topological polar surface area (TPSA) is 179 Å². The van der Waals surface area contributed by atoms with Gasteiger partial charge >= 0.3 is 5.69 Å². The SMILES string of the molecule is Cn1c(=O)[nH]c(=O)c2c1nc(N1CCN(C(=O)CCC(=O)[O-])CC1)n2Cc1ccc([N+](=O)[O-])cc1. The number of hydrogen-bond donors (Lipinski definition) is 1. The number of anilines is 1. The lowest BCUT2D eigenvalue weighted by molar-refractivity contribution is -0.384. The number of nitro groups is 1. The van der Waals surface area contributed by atoms with Crippen molar-refractivity contribution in [1.82, 2.24) is 24.0 Å². The highest BCUT2D eigenvalue weighted by Crippen LogP contribution is 2.23. The number of aliphatic carboxylic acids is 1. The third-order valence-electron chi connectivity index (χ3n) is 5.93. The Bertz CT molecular complexity index is 1410. The molecule has 14 heteroatoms. The van der Waals surface area contributed by atoms with Crippen molar-refractivity contribution in [3.63, 3.8) is 0 Å². The highest BCUT2D eigenvalue weighted by molar-refractivity contribution is 5.80. The van der Waals surface area contributed by atoms with Gasteiger partial charge in [0.1, 0.15) is 0 Å². The molecule has 14 nitrogen and oxygen atoms in total. The van der Waals surface area contributed by atoms with Crippen LogP contribution in [-0.2, 0) is 23.2 Å². The third kappa shape index (κ3) is 4.76. The zero-order valence-electron chi connectivity index (χ0n) is 18.8. The van der Waals surface area contributed by atoms with Crippen molar-refractivity contribution in [2.45, 2.75) is 19.4 Å². The summed E-state index contributed by atoms with van der Waals surface area (Å²) in [5.41, 5.74) is -0.252. The summed E-state index contributed by atoms with van der Waals surface area (Å²) in [5, 5.41) is 21.6. The van der Waals surface area contributed by atoms with Gasteiger partial charge in [0.15, 0.2) is 11.2 Å². The van der Waals surface area contributed by atoms with Gasteiger partial charge < -0.3 is 19.7 Å². The minimum atomic E-state index is -1.28. The van der Waals surface area contributed by atoms with E-state index in [0.29, 0.717) is 37.7 Å². The molecule has 1 fully saturated rings. The molecule has 0 saturated carbocycles. The van der Waals surface area contributed by atoms with Crippen LogP contribution in [0, 0.1) is 10.1 Å². The van der Waals surface area contributed by atoms with Crippen molar-refractivity contribution in [1.29, 1.82) is 0 Å². The van der Waals surface area contributed by atoms with Crippen LogP contribution in [0.25, 0.3) is 11.2 Å². The molecule has 1 saturated heterocycles. The van der Waals surface area contributed by atoms with Crippen LogP contribution < -0.4 is 21.3 Å². The van der Waals surface area contributed by atoms with Gasteiger partial charge in [0.05, 0.1) is 11.5 Å². The van der Waals surface area contributed by atoms with Crippen LogP contribution in [0.5, 0.6) is 0 Å². The van der Waals surface area contributed by atoms with Crippen molar-refractivity contribution in [2.75, 3.05) is 31.1 Å². The molecule has 2 aromatic heterocycles. The average Bonchev–Trinajstić information content (AvgIpc) is 3.21. The Morgan fingerprint density at radius 3 is 2.34 bits per heavy atom. The van der Waals surface area contributed by atoms with Gasteiger partial charge in [-0.15, -0.1) is 0 Å². The molecule has 0 radical (unpaired) electrons. The second kappa shape index (κ2) is 9.40. The Morgan fingerprint density at radius 1 is 1.09 bits per heavy atom. The molecule has 1 aromatic carbocycles. The van der Waals surface area contributed by atoms with E-state index in [1.54, 1.807) is 21.6 Å². The monoisotopic (exact) mass is 484 g/mol. The number of hydrogen-bond acceptors (Lipinski definition) is 9. The summed E-state index contributed by atoms with van der Waals surface area (Å²) in [6.07, 6.45) is -0.487. The summed E-state index contributed by atoms with van der Waals surface area (Å²) in [6, 6.07) is 5.89. The first-order valence-electron chi connectivity index (χ1n) is 10.8. The Hall–Kier alpha value is -4.49. The second-order valence-electron chi connectivity index (χ2n) is 8.15. The number of nitrogens with zero attached hydrogens (tertiary/aromatic N) is 6. The van der Waals surface area contributed by atoms with Gasteiger partial charge in [0.25, 0.3) is 11.2 Å². The largest absolute Gasteiger partial charge is 0.550 e. The van der Waals surface area contributed by atoms with Crippen molar-refractivity contribution >= 4 is 34.7 Å². The van der Waals surface area contributed by atoms with E-state index in [1.807, 2.05) is 4.90 Å². The van der Waals surface area contributed by atoms with Crippen LogP contribution >= 0.6 is 0 Å². The molecule has 184 valence electrons. The van der Waals surface area contributed by atoms with E-state index in [0.717, 1.165) is 0 Å². The molecule has 0 unspecified atom stereocenters. The number of benzene rings is 1. The number of carboxylic acid groups (broad SMARTS) is 1. The molecule has 0 aliphatic carbocycles. The molecule has 0 spiro atoms. The molecule has 3 heterocycles. The van der Waals surface area contributed by atoms with E-state index >= 15 is 0 Å². The summed E-state index contributed by atoms with van der Waals surface area (Å²) in [4.78, 5) is 68.5. The van der Waals surface area contributed by atoms with Gasteiger partial charge in [-0.2, -0.15) is 4.98 Å². The number of carbonyl (C=O) groups is 2. The van der Waals surface area contributed by atoms with Crippen molar-refractivity contribution in [3.8, 4) is 0 Å². The standard InChI is InChI=1S/C21H23N7O7/c1-24-18-17(19(32)23-21(24)33)27(12-13-2-4-14(5-3-13)28(34)35)20(22-18)26-10-8-25(9-11-26)15(29)6-7-16(30)31/h2-5H,6-12H2,1H3,(H,30,31)(H,23,32,33)/p-1. The maximum Gasteiger partial charge on any atom is 0.329 e. The molecular formula is C21H22N7O7-. The quantitative estimate of drug-likeness (QED) is 0.310. The summed E-state index contributed by atoms with van der Waals surface area (Å²) >= 11 is 0. The zero-order chi connectivity index (χ0) is 25.3. The maximum absolute atomic E-state index is 12.7. The van der Waals surface area contributed by atoms with E-state index in [1.165, 1.54) is 23.7 Å². The van der Waals surface area contributed by atoms with Crippen molar-refractivity contribution < 1.29 is 19.6 Å². The molecule has 0 atom stereocenters. The number of amides is 1. The Kier molecular flexibility index (Phi) is 6.36. The van der Waals surface area contributed by atoms with Crippen LogP contribution in [0.4, 0.5) is 11.6 Å². The number of H-pyrrole nitrogens is 1. The van der Waals surface area contributed by atoms with Crippen LogP contribution in [0.3, 0.4) is 0 Å². The highest BCUT2D eigenvalue weighted by atomic mass is 16.6. The number of aromatic amines is 1.